The third-order valence-corrected chi connectivity index (χ3v) is 3.31. The largest absolute Gasteiger partial charge is 0.462 e. The number of ether oxygens (including phenoxy) is 1. The van der Waals surface area contributed by atoms with Gasteiger partial charge in [0.1, 0.15) is 0 Å². The van der Waals surface area contributed by atoms with Crippen molar-refractivity contribution in [3.05, 3.63) is 28.8 Å². The zero-order valence-corrected chi connectivity index (χ0v) is 12.6. The molecule has 20 heavy (non-hydrogen) atoms. The number of nitrogens with zero attached hydrogens (tertiary/aromatic N) is 1. The Morgan fingerprint density at radius 1 is 1.35 bits per heavy atom. The van der Waals surface area contributed by atoms with E-state index in [-0.39, 0.29) is 11.4 Å². The molecule has 1 rings (SSSR count). The molecule has 108 valence electrons. The molecular weight excluding hydrogens is 252 g/mol. The lowest BCUT2D eigenvalue weighted by atomic mass is 9.90. The molecule has 0 heterocycles. The van der Waals surface area contributed by atoms with E-state index in [2.05, 4.69) is 6.07 Å². The van der Waals surface area contributed by atoms with Gasteiger partial charge >= 0.3 is 5.97 Å². The lowest BCUT2D eigenvalue weighted by Gasteiger charge is -2.14. The zero-order chi connectivity index (χ0) is 15.3. The summed E-state index contributed by atoms with van der Waals surface area (Å²) < 4.78 is 5.24. The summed E-state index contributed by atoms with van der Waals surface area (Å²) in [5, 5.41) is 8.90. The molecule has 0 aromatic heterocycles. The minimum Gasteiger partial charge on any atom is -0.462 e. The molecular formula is C16H22N2O2. The van der Waals surface area contributed by atoms with Crippen LogP contribution in [-0.2, 0) is 4.74 Å². The number of nitriles is 1. The van der Waals surface area contributed by atoms with E-state index >= 15 is 0 Å². The van der Waals surface area contributed by atoms with Crippen LogP contribution in [0.3, 0.4) is 0 Å². The first kappa shape index (κ1) is 16.0. The van der Waals surface area contributed by atoms with Crippen molar-refractivity contribution < 1.29 is 9.53 Å². The smallest absolute Gasteiger partial charge is 0.338 e. The number of hydrogen-bond donors (Lipinski definition) is 1. The summed E-state index contributed by atoms with van der Waals surface area (Å²) in [5.41, 5.74) is 8.35. The SMILES string of the molecule is Cc1cc(C)c(C(=O)OCCCC(C)(C)C#N)cc1N. The fourth-order valence-corrected chi connectivity index (χ4v) is 1.90. The summed E-state index contributed by atoms with van der Waals surface area (Å²) in [6.07, 6.45) is 1.37. The lowest BCUT2D eigenvalue weighted by Crippen LogP contribution is -2.12. The van der Waals surface area contributed by atoms with Crippen molar-refractivity contribution in [2.75, 3.05) is 12.3 Å². The summed E-state index contributed by atoms with van der Waals surface area (Å²) in [6, 6.07) is 5.77. The Morgan fingerprint density at radius 3 is 2.60 bits per heavy atom. The van der Waals surface area contributed by atoms with Gasteiger partial charge in [0.2, 0.25) is 0 Å². The van der Waals surface area contributed by atoms with Crippen LogP contribution in [-0.4, -0.2) is 12.6 Å². The first-order chi connectivity index (χ1) is 9.26. The van der Waals surface area contributed by atoms with Gasteiger partial charge in [-0.1, -0.05) is 6.07 Å². The molecule has 0 aliphatic carbocycles. The van der Waals surface area contributed by atoms with E-state index in [9.17, 15) is 4.79 Å². The quantitative estimate of drug-likeness (QED) is 0.507. The molecule has 1 aromatic carbocycles. The van der Waals surface area contributed by atoms with Crippen molar-refractivity contribution in [1.82, 2.24) is 0 Å². The maximum atomic E-state index is 12.0. The van der Waals surface area contributed by atoms with E-state index in [0.29, 0.717) is 30.7 Å². The van der Waals surface area contributed by atoms with Gasteiger partial charge in [-0.15, -0.1) is 0 Å². The van der Waals surface area contributed by atoms with Crippen molar-refractivity contribution in [2.45, 2.75) is 40.5 Å². The van der Waals surface area contributed by atoms with Crippen molar-refractivity contribution in [3.8, 4) is 6.07 Å². The number of nitrogens with two attached hydrogens (primary N) is 1. The van der Waals surface area contributed by atoms with Gasteiger partial charge in [0.25, 0.3) is 0 Å². The van der Waals surface area contributed by atoms with Gasteiger partial charge in [0.15, 0.2) is 0 Å². The molecule has 0 bridgehead atoms. The molecule has 0 aliphatic heterocycles. The molecule has 0 aliphatic rings. The van der Waals surface area contributed by atoms with E-state index in [1.54, 1.807) is 6.07 Å². The Balaban J connectivity index is 2.57. The lowest BCUT2D eigenvalue weighted by molar-refractivity contribution is 0.0490. The van der Waals surface area contributed by atoms with E-state index in [1.807, 2.05) is 33.8 Å². The molecule has 0 unspecified atom stereocenters. The maximum absolute atomic E-state index is 12.0. The number of rotatable bonds is 5. The molecule has 0 radical (unpaired) electrons. The standard InChI is InChI=1S/C16H22N2O2/c1-11-8-12(2)14(18)9-13(11)15(19)20-7-5-6-16(3,4)10-17/h8-9H,5-7,18H2,1-4H3. The van der Waals surface area contributed by atoms with Crippen molar-refractivity contribution in [1.29, 1.82) is 5.26 Å². The fraction of sp³-hybridized carbons (Fsp3) is 0.500. The van der Waals surface area contributed by atoms with E-state index in [1.165, 1.54) is 0 Å². The predicted octanol–water partition coefficient (Wildman–Crippen LogP) is 3.37. The molecule has 2 N–H and O–H groups in total. The molecule has 4 heteroatoms. The summed E-state index contributed by atoms with van der Waals surface area (Å²) in [5.74, 6) is -0.357. The second kappa shape index (κ2) is 6.42. The molecule has 0 atom stereocenters. The molecule has 4 nitrogen and oxygen atoms in total. The van der Waals surface area contributed by atoms with Crippen molar-refractivity contribution in [3.63, 3.8) is 0 Å². The summed E-state index contributed by atoms with van der Waals surface area (Å²) in [4.78, 5) is 12.0. The van der Waals surface area contributed by atoms with Gasteiger partial charge in [-0.3, -0.25) is 0 Å². The number of anilines is 1. The number of aryl methyl sites for hydroxylation is 2. The number of hydrogen-bond acceptors (Lipinski definition) is 4. The average Bonchev–Trinajstić information content (AvgIpc) is 2.38. The Bertz CT molecular complexity index is 542. The maximum Gasteiger partial charge on any atom is 0.338 e. The Morgan fingerprint density at radius 2 is 2.00 bits per heavy atom. The summed E-state index contributed by atoms with van der Waals surface area (Å²) in [6.45, 7) is 7.83. The van der Waals surface area contributed by atoms with Crippen LogP contribution in [0.4, 0.5) is 5.69 Å². The van der Waals surface area contributed by atoms with Crippen LogP contribution in [0.5, 0.6) is 0 Å². The average molecular weight is 274 g/mol. The monoisotopic (exact) mass is 274 g/mol. The van der Waals surface area contributed by atoms with Crippen LogP contribution in [0.25, 0.3) is 0 Å². The molecule has 0 fully saturated rings. The minimum atomic E-state index is -0.378. The van der Waals surface area contributed by atoms with Crippen LogP contribution in [0, 0.1) is 30.6 Å². The van der Waals surface area contributed by atoms with Crippen molar-refractivity contribution in [2.24, 2.45) is 5.41 Å². The highest BCUT2D eigenvalue weighted by molar-refractivity contribution is 5.92. The van der Waals surface area contributed by atoms with Gasteiger partial charge in [0, 0.05) is 5.69 Å². The van der Waals surface area contributed by atoms with E-state index in [0.717, 1.165) is 11.1 Å². The first-order valence-electron chi connectivity index (χ1n) is 6.72. The minimum absolute atomic E-state index is 0.317. The van der Waals surface area contributed by atoms with Crippen LogP contribution in [0.15, 0.2) is 12.1 Å². The van der Waals surface area contributed by atoms with Gasteiger partial charge in [-0.25, -0.2) is 4.79 Å². The number of carbonyl (C=O) groups is 1. The number of nitrogen functional groups attached to an aromatic ring is 1. The molecule has 1 aromatic rings. The van der Waals surface area contributed by atoms with Crippen LogP contribution >= 0.6 is 0 Å². The first-order valence-corrected chi connectivity index (χ1v) is 6.72. The molecule has 0 amide bonds. The number of carbonyl (C=O) groups excluding carboxylic acids is 1. The van der Waals surface area contributed by atoms with Gasteiger partial charge in [-0.05, 0) is 57.7 Å². The molecule has 0 saturated carbocycles. The third-order valence-electron chi connectivity index (χ3n) is 3.31. The Labute approximate surface area is 120 Å². The number of benzene rings is 1. The normalized spacial score (nSPS) is 10.9. The highest BCUT2D eigenvalue weighted by atomic mass is 16.5. The highest BCUT2D eigenvalue weighted by Gasteiger charge is 2.17. The van der Waals surface area contributed by atoms with E-state index in [4.69, 9.17) is 15.7 Å². The fourth-order valence-electron chi connectivity index (χ4n) is 1.90. The zero-order valence-electron chi connectivity index (χ0n) is 12.6. The third kappa shape index (κ3) is 4.27. The molecule has 0 spiro atoms. The van der Waals surface area contributed by atoms with Crippen molar-refractivity contribution >= 4 is 11.7 Å². The second-order valence-corrected chi connectivity index (χ2v) is 5.76. The second-order valence-electron chi connectivity index (χ2n) is 5.76. The highest BCUT2D eigenvalue weighted by Crippen LogP contribution is 2.21. The predicted molar refractivity (Wildman–Crippen MR) is 79.2 cm³/mol. The summed E-state index contributed by atoms with van der Waals surface area (Å²) >= 11 is 0. The Kier molecular flexibility index (Phi) is 5.15. The van der Waals surface area contributed by atoms with Crippen LogP contribution in [0.2, 0.25) is 0 Å². The Hall–Kier alpha value is -2.02. The number of esters is 1. The van der Waals surface area contributed by atoms with Crippen LogP contribution in [0.1, 0.15) is 48.2 Å². The van der Waals surface area contributed by atoms with Gasteiger partial charge in [0.05, 0.1) is 23.7 Å². The van der Waals surface area contributed by atoms with Gasteiger partial charge in [-0.2, -0.15) is 5.26 Å². The van der Waals surface area contributed by atoms with Gasteiger partial charge < -0.3 is 10.5 Å². The summed E-state index contributed by atoms with van der Waals surface area (Å²) in [7, 11) is 0. The topological polar surface area (TPSA) is 76.1 Å². The van der Waals surface area contributed by atoms with Crippen LogP contribution < -0.4 is 5.73 Å². The van der Waals surface area contributed by atoms with E-state index < -0.39 is 0 Å². The molecule has 0 saturated heterocycles.